The molecule has 0 aromatic carbocycles. The van der Waals surface area contributed by atoms with Crippen LogP contribution < -0.4 is 0 Å². The molecule has 0 bridgehead atoms. The number of carbonyl (C=O) groups is 2. The van der Waals surface area contributed by atoms with Crippen molar-refractivity contribution in [3.05, 3.63) is 35.1 Å². The van der Waals surface area contributed by atoms with Crippen molar-refractivity contribution in [2.75, 3.05) is 32.8 Å². The zero-order valence-corrected chi connectivity index (χ0v) is 15.0. The lowest BCUT2D eigenvalue weighted by Gasteiger charge is -2.32. The Balaban J connectivity index is 1.38. The van der Waals surface area contributed by atoms with Crippen molar-refractivity contribution >= 4 is 34.6 Å². The second-order valence-corrected chi connectivity index (χ2v) is 7.06. The minimum absolute atomic E-state index is 0.0231. The number of amides is 2. The van der Waals surface area contributed by atoms with Crippen LogP contribution in [-0.4, -0.2) is 64.6 Å². The molecule has 2 aromatic heterocycles. The van der Waals surface area contributed by atoms with Gasteiger partial charge in [-0.3, -0.25) is 9.69 Å². The molecule has 0 spiro atoms. The number of hydrogen-bond acceptors (Lipinski definition) is 5. The van der Waals surface area contributed by atoms with E-state index in [9.17, 15) is 9.59 Å². The largest absolute Gasteiger partial charge is 0.448 e. The number of aromatic nitrogens is 2. The fourth-order valence-electron chi connectivity index (χ4n) is 3.48. The van der Waals surface area contributed by atoms with Gasteiger partial charge in [0.15, 0.2) is 5.65 Å². The van der Waals surface area contributed by atoms with E-state index < -0.39 is 6.09 Å². The lowest BCUT2D eigenvalue weighted by molar-refractivity contribution is -0.132. The smallest absolute Gasteiger partial charge is 0.410 e. The molecular formula is C18H19ClN4O3. The SMILES string of the molecule is O=C(CN1CCOC1=O)N1CCC(c2ccc3cc(Cl)cnc3n2)CC1. The number of fused-ring (bicyclic) bond motifs is 1. The van der Waals surface area contributed by atoms with E-state index in [1.807, 2.05) is 23.1 Å². The van der Waals surface area contributed by atoms with Crippen LogP contribution in [0.3, 0.4) is 0 Å². The highest BCUT2D eigenvalue weighted by Gasteiger charge is 2.29. The predicted octanol–water partition coefficient (Wildman–Crippen LogP) is 2.44. The number of ether oxygens (including phenoxy) is 1. The molecule has 4 heterocycles. The van der Waals surface area contributed by atoms with Crippen molar-refractivity contribution in [3.63, 3.8) is 0 Å². The summed E-state index contributed by atoms with van der Waals surface area (Å²) in [5.41, 5.74) is 1.69. The molecule has 2 amide bonds. The highest BCUT2D eigenvalue weighted by Crippen LogP contribution is 2.28. The molecule has 7 nitrogen and oxygen atoms in total. The highest BCUT2D eigenvalue weighted by atomic mass is 35.5. The molecule has 2 saturated heterocycles. The summed E-state index contributed by atoms with van der Waals surface area (Å²) in [4.78, 5) is 36.1. The molecule has 0 atom stereocenters. The Hall–Kier alpha value is -2.41. The molecule has 4 rings (SSSR count). The first kappa shape index (κ1) is 17.0. The Morgan fingerprint density at radius 1 is 1.27 bits per heavy atom. The molecule has 2 aliphatic rings. The zero-order chi connectivity index (χ0) is 18.1. The number of halogens is 1. The molecule has 2 aromatic rings. The third kappa shape index (κ3) is 3.44. The Morgan fingerprint density at radius 3 is 2.81 bits per heavy atom. The third-order valence-electron chi connectivity index (χ3n) is 4.97. The first-order valence-corrected chi connectivity index (χ1v) is 9.09. The summed E-state index contributed by atoms with van der Waals surface area (Å²) < 4.78 is 4.86. The first-order valence-electron chi connectivity index (χ1n) is 8.72. The summed E-state index contributed by atoms with van der Waals surface area (Å²) in [6, 6.07) is 5.86. The van der Waals surface area contributed by atoms with Gasteiger partial charge in [0.1, 0.15) is 13.2 Å². The summed E-state index contributed by atoms with van der Waals surface area (Å²) >= 11 is 5.96. The van der Waals surface area contributed by atoms with Gasteiger partial charge in [-0.15, -0.1) is 0 Å². The van der Waals surface area contributed by atoms with E-state index >= 15 is 0 Å². The quantitative estimate of drug-likeness (QED) is 0.824. The van der Waals surface area contributed by atoms with Crippen molar-refractivity contribution < 1.29 is 14.3 Å². The summed E-state index contributed by atoms with van der Waals surface area (Å²) in [6.45, 7) is 2.28. The summed E-state index contributed by atoms with van der Waals surface area (Å²) in [7, 11) is 0. The normalized spacial score (nSPS) is 18.4. The number of pyridine rings is 2. The lowest BCUT2D eigenvalue weighted by atomic mass is 9.93. The molecule has 0 radical (unpaired) electrons. The molecule has 26 heavy (non-hydrogen) atoms. The van der Waals surface area contributed by atoms with Gasteiger partial charge in [0.2, 0.25) is 5.91 Å². The van der Waals surface area contributed by atoms with E-state index in [1.165, 1.54) is 4.90 Å². The van der Waals surface area contributed by atoms with E-state index in [1.54, 1.807) is 6.20 Å². The van der Waals surface area contributed by atoms with Crippen molar-refractivity contribution in [2.45, 2.75) is 18.8 Å². The second kappa shape index (κ2) is 7.07. The van der Waals surface area contributed by atoms with Crippen LogP contribution in [-0.2, 0) is 9.53 Å². The number of nitrogens with zero attached hydrogens (tertiary/aromatic N) is 4. The summed E-state index contributed by atoms with van der Waals surface area (Å²) in [5, 5.41) is 1.52. The molecule has 0 aliphatic carbocycles. The number of piperidine rings is 1. The van der Waals surface area contributed by atoms with Gasteiger partial charge in [0, 0.05) is 36.3 Å². The average Bonchev–Trinajstić information content (AvgIpc) is 3.06. The van der Waals surface area contributed by atoms with Crippen LogP contribution >= 0.6 is 11.6 Å². The van der Waals surface area contributed by atoms with Gasteiger partial charge in [-0.25, -0.2) is 14.8 Å². The third-order valence-corrected chi connectivity index (χ3v) is 5.17. The van der Waals surface area contributed by atoms with Crippen LogP contribution in [0, 0.1) is 0 Å². The zero-order valence-electron chi connectivity index (χ0n) is 14.2. The van der Waals surface area contributed by atoms with Crippen LogP contribution in [0.4, 0.5) is 4.79 Å². The lowest BCUT2D eigenvalue weighted by Crippen LogP contribution is -2.44. The van der Waals surface area contributed by atoms with E-state index in [-0.39, 0.29) is 12.5 Å². The Bertz CT molecular complexity index is 851. The van der Waals surface area contributed by atoms with E-state index in [2.05, 4.69) is 9.97 Å². The van der Waals surface area contributed by atoms with Crippen LogP contribution in [0.15, 0.2) is 24.4 Å². The minimum Gasteiger partial charge on any atom is -0.448 e. The molecule has 8 heteroatoms. The van der Waals surface area contributed by atoms with Crippen molar-refractivity contribution in [3.8, 4) is 0 Å². The highest BCUT2D eigenvalue weighted by molar-refractivity contribution is 6.31. The standard InChI is InChI=1S/C18H19ClN4O3/c19-14-9-13-1-2-15(21-17(13)20-10-14)12-3-5-22(6-4-12)16(24)11-23-7-8-26-18(23)25/h1-2,9-10,12H,3-8,11H2. The van der Waals surface area contributed by atoms with Gasteiger partial charge in [0.05, 0.1) is 11.6 Å². The van der Waals surface area contributed by atoms with E-state index in [0.717, 1.165) is 23.9 Å². The number of cyclic esters (lactones) is 1. The molecular weight excluding hydrogens is 356 g/mol. The Labute approximate surface area is 155 Å². The van der Waals surface area contributed by atoms with Gasteiger partial charge in [-0.1, -0.05) is 11.6 Å². The number of hydrogen-bond donors (Lipinski definition) is 0. The van der Waals surface area contributed by atoms with Gasteiger partial charge in [-0.2, -0.15) is 0 Å². The maximum absolute atomic E-state index is 12.4. The number of carbonyl (C=O) groups excluding carboxylic acids is 2. The van der Waals surface area contributed by atoms with Crippen LogP contribution in [0.2, 0.25) is 5.02 Å². The maximum atomic E-state index is 12.4. The van der Waals surface area contributed by atoms with Gasteiger partial charge < -0.3 is 9.64 Å². The average molecular weight is 375 g/mol. The van der Waals surface area contributed by atoms with Crippen molar-refractivity contribution in [1.82, 2.24) is 19.8 Å². The van der Waals surface area contributed by atoms with E-state index in [4.69, 9.17) is 16.3 Å². The Morgan fingerprint density at radius 2 is 2.08 bits per heavy atom. The van der Waals surface area contributed by atoms with Crippen molar-refractivity contribution in [2.24, 2.45) is 0 Å². The molecule has 0 N–H and O–H groups in total. The van der Waals surface area contributed by atoms with Crippen LogP contribution in [0.25, 0.3) is 11.0 Å². The topological polar surface area (TPSA) is 75.6 Å². The van der Waals surface area contributed by atoms with Gasteiger partial charge >= 0.3 is 6.09 Å². The molecule has 2 aliphatic heterocycles. The first-order chi connectivity index (χ1) is 12.6. The Kier molecular flexibility index (Phi) is 4.63. The number of likely N-dealkylation sites (tertiary alicyclic amines) is 1. The van der Waals surface area contributed by atoms with Crippen LogP contribution in [0.1, 0.15) is 24.5 Å². The summed E-state index contributed by atoms with van der Waals surface area (Å²) in [6.07, 6.45) is 2.90. The fraction of sp³-hybridized carbons (Fsp3) is 0.444. The molecule has 136 valence electrons. The van der Waals surface area contributed by atoms with Gasteiger partial charge in [-0.05, 0) is 31.0 Å². The molecule has 2 fully saturated rings. The molecule has 0 saturated carbocycles. The number of rotatable bonds is 3. The minimum atomic E-state index is -0.402. The molecule has 0 unspecified atom stereocenters. The van der Waals surface area contributed by atoms with Gasteiger partial charge in [0.25, 0.3) is 0 Å². The fourth-order valence-corrected chi connectivity index (χ4v) is 3.65. The predicted molar refractivity (Wildman–Crippen MR) is 96.0 cm³/mol. The summed E-state index contributed by atoms with van der Waals surface area (Å²) in [5.74, 6) is 0.280. The van der Waals surface area contributed by atoms with E-state index in [0.29, 0.717) is 42.8 Å². The van der Waals surface area contributed by atoms with Crippen molar-refractivity contribution in [1.29, 1.82) is 0 Å². The maximum Gasteiger partial charge on any atom is 0.410 e. The monoisotopic (exact) mass is 374 g/mol. The van der Waals surface area contributed by atoms with Crippen LogP contribution in [0.5, 0.6) is 0 Å². The second-order valence-electron chi connectivity index (χ2n) is 6.63.